The highest BCUT2D eigenvalue weighted by molar-refractivity contribution is 7.45. The maximum absolute atomic E-state index is 12.2. The van der Waals surface area contributed by atoms with E-state index in [0.29, 0.717) is 30.3 Å². The van der Waals surface area contributed by atoms with Gasteiger partial charge in [-0.3, -0.25) is 9.36 Å². The molecule has 3 unspecified atom stereocenters. The molecule has 0 saturated heterocycles. The number of hydrogen-bond acceptors (Lipinski definition) is 6. The molecular formula is C30H63N2O6P. The van der Waals surface area contributed by atoms with Crippen molar-refractivity contribution in [1.82, 2.24) is 5.32 Å². The minimum absolute atomic E-state index is 0.0128. The van der Waals surface area contributed by atoms with E-state index in [1.54, 1.807) is 0 Å². The summed E-state index contributed by atoms with van der Waals surface area (Å²) in [5.74, 6) is -0.219. The van der Waals surface area contributed by atoms with Gasteiger partial charge in [0.05, 0.1) is 39.9 Å². The zero-order valence-electron chi connectivity index (χ0n) is 26.1. The highest BCUT2D eigenvalue weighted by Gasteiger charge is 2.24. The molecule has 0 aromatic heterocycles. The molecule has 3 atom stereocenters. The van der Waals surface area contributed by atoms with E-state index in [2.05, 4.69) is 12.2 Å². The number of unbranched alkanes of at least 4 members (excludes halogenated alkanes) is 15. The predicted octanol–water partition coefficient (Wildman–Crippen LogP) is 6.49. The van der Waals surface area contributed by atoms with Gasteiger partial charge in [0.25, 0.3) is 7.82 Å². The van der Waals surface area contributed by atoms with E-state index < -0.39 is 20.0 Å². The summed E-state index contributed by atoms with van der Waals surface area (Å²) in [6, 6.07) is -0.787. The fraction of sp³-hybridized carbons (Fsp3) is 0.967. The molecule has 0 spiro atoms. The van der Waals surface area contributed by atoms with Crippen LogP contribution in [0.3, 0.4) is 0 Å². The van der Waals surface area contributed by atoms with Crippen molar-refractivity contribution >= 4 is 13.7 Å². The Morgan fingerprint density at radius 1 is 0.795 bits per heavy atom. The number of nitrogens with one attached hydrogen (secondary N) is 1. The van der Waals surface area contributed by atoms with Gasteiger partial charge in [0, 0.05) is 6.42 Å². The third kappa shape index (κ3) is 26.2. The number of phosphoric ester groups is 1. The molecule has 0 saturated carbocycles. The summed E-state index contributed by atoms with van der Waals surface area (Å²) in [5, 5.41) is 13.4. The van der Waals surface area contributed by atoms with Gasteiger partial charge in [-0.25, -0.2) is 0 Å². The lowest BCUT2D eigenvalue weighted by atomic mass is 10.0. The Bertz CT molecular complexity index is 629. The molecule has 39 heavy (non-hydrogen) atoms. The SMILES string of the molecule is CCCCCCCCCCCCCCCCCCC(O)C(COP(=O)([O-])OCC[N+](C)(C)C)NC(=O)CCC. The molecule has 9 heteroatoms. The van der Waals surface area contributed by atoms with Gasteiger partial charge >= 0.3 is 0 Å². The average Bonchev–Trinajstić information content (AvgIpc) is 2.85. The van der Waals surface area contributed by atoms with E-state index in [1.807, 2.05) is 28.1 Å². The molecule has 0 radical (unpaired) electrons. The fourth-order valence-electron chi connectivity index (χ4n) is 4.49. The Balaban J connectivity index is 4.09. The van der Waals surface area contributed by atoms with Gasteiger partial charge in [-0.15, -0.1) is 0 Å². The smallest absolute Gasteiger partial charge is 0.268 e. The molecule has 8 nitrogen and oxygen atoms in total. The number of carbonyl (C=O) groups is 1. The molecule has 0 bridgehead atoms. The van der Waals surface area contributed by atoms with E-state index in [-0.39, 0.29) is 19.1 Å². The van der Waals surface area contributed by atoms with Crippen LogP contribution in [0.25, 0.3) is 0 Å². The van der Waals surface area contributed by atoms with Gasteiger partial charge in [0.2, 0.25) is 5.91 Å². The minimum atomic E-state index is -4.52. The van der Waals surface area contributed by atoms with E-state index in [1.165, 1.54) is 83.5 Å². The molecule has 2 N–H and O–H groups in total. The number of rotatable bonds is 28. The molecular weight excluding hydrogens is 515 g/mol. The largest absolute Gasteiger partial charge is 0.756 e. The first kappa shape index (κ1) is 38.5. The third-order valence-electron chi connectivity index (χ3n) is 7.07. The summed E-state index contributed by atoms with van der Waals surface area (Å²) in [6.45, 7) is 4.35. The monoisotopic (exact) mass is 578 g/mol. The van der Waals surface area contributed by atoms with E-state index in [4.69, 9.17) is 9.05 Å². The van der Waals surface area contributed by atoms with Gasteiger partial charge in [0.1, 0.15) is 13.2 Å². The first-order valence-corrected chi connectivity index (χ1v) is 17.3. The first-order chi connectivity index (χ1) is 18.5. The second-order valence-corrected chi connectivity index (χ2v) is 13.6. The lowest BCUT2D eigenvalue weighted by Crippen LogP contribution is -2.46. The van der Waals surface area contributed by atoms with Crippen LogP contribution in [0, 0.1) is 0 Å². The summed E-state index contributed by atoms with van der Waals surface area (Å²) in [4.78, 5) is 24.3. The van der Waals surface area contributed by atoms with Crippen molar-refractivity contribution in [3.05, 3.63) is 0 Å². The second-order valence-electron chi connectivity index (χ2n) is 12.2. The van der Waals surface area contributed by atoms with Gasteiger partial charge in [-0.1, -0.05) is 117 Å². The molecule has 0 fully saturated rings. The van der Waals surface area contributed by atoms with Crippen molar-refractivity contribution in [1.29, 1.82) is 0 Å². The number of likely N-dealkylation sites (N-methyl/N-ethyl adjacent to an activating group) is 1. The quantitative estimate of drug-likeness (QED) is 0.0624. The number of carbonyl (C=O) groups excluding carboxylic acids is 1. The number of phosphoric acid groups is 1. The Morgan fingerprint density at radius 2 is 1.26 bits per heavy atom. The number of quaternary nitrogens is 1. The van der Waals surface area contributed by atoms with Gasteiger partial charge < -0.3 is 28.8 Å². The lowest BCUT2D eigenvalue weighted by molar-refractivity contribution is -0.870. The van der Waals surface area contributed by atoms with Crippen molar-refractivity contribution < 1.29 is 32.9 Å². The maximum Gasteiger partial charge on any atom is 0.268 e. The summed E-state index contributed by atoms with van der Waals surface area (Å²) >= 11 is 0. The predicted molar refractivity (Wildman–Crippen MR) is 159 cm³/mol. The summed E-state index contributed by atoms with van der Waals surface area (Å²) in [5.41, 5.74) is 0. The average molecular weight is 579 g/mol. The Morgan fingerprint density at radius 3 is 1.69 bits per heavy atom. The molecule has 0 aliphatic rings. The number of aliphatic hydroxyl groups is 1. The zero-order valence-corrected chi connectivity index (χ0v) is 27.0. The summed E-state index contributed by atoms with van der Waals surface area (Å²) in [7, 11) is 1.30. The zero-order chi connectivity index (χ0) is 29.4. The molecule has 0 rings (SSSR count). The van der Waals surface area contributed by atoms with Crippen LogP contribution in [0.15, 0.2) is 0 Å². The fourth-order valence-corrected chi connectivity index (χ4v) is 5.22. The molecule has 0 aromatic rings. The van der Waals surface area contributed by atoms with Crippen LogP contribution >= 0.6 is 7.82 Å². The van der Waals surface area contributed by atoms with Crippen molar-refractivity contribution in [3.8, 4) is 0 Å². The Kier molecular flexibility index (Phi) is 23.8. The molecule has 1 amide bonds. The van der Waals surface area contributed by atoms with Crippen LogP contribution < -0.4 is 10.2 Å². The first-order valence-electron chi connectivity index (χ1n) is 15.9. The Labute approximate surface area is 240 Å². The van der Waals surface area contributed by atoms with Crippen LogP contribution in [0.4, 0.5) is 0 Å². The van der Waals surface area contributed by atoms with Crippen LogP contribution in [-0.4, -0.2) is 68.5 Å². The molecule has 0 heterocycles. The molecule has 0 aromatic carbocycles. The van der Waals surface area contributed by atoms with Crippen molar-refractivity contribution in [2.24, 2.45) is 0 Å². The number of hydrogen-bond donors (Lipinski definition) is 2. The van der Waals surface area contributed by atoms with E-state index in [0.717, 1.165) is 19.3 Å². The topological polar surface area (TPSA) is 108 Å². The van der Waals surface area contributed by atoms with Crippen LogP contribution in [0.1, 0.15) is 136 Å². The second kappa shape index (κ2) is 24.1. The van der Waals surface area contributed by atoms with E-state index >= 15 is 0 Å². The maximum atomic E-state index is 12.2. The third-order valence-corrected chi connectivity index (χ3v) is 8.03. The van der Waals surface area contributed by atoms with Crippen LogP contribution in [-0.2, 0) is 18.4 Å². The standard InChI is InChI=1S/C30H63N2O6P/c1-6-8-9-10-11-12-13-14-15-16-17-18-19-20-21-22-24-29(33)28(31-30(34)23-7-2)27-38-39(35,36)37-26-25-32(3,4)5/h28-29,33H,6-27H2,1-5H3,(H-,31,34,35,36). The summed E-state index contributed by atoms with van der Waals surface area (Å²) < 4.78 is 22.7. The number of nitrogens with zero attached hydrogens (tertiary/aromatic N) is 1. The van der Waals surface area contributed by atoms with Gasteiger partial charge in [-0.05, 0) is 12.8 Å². The lowest BCUT2D eigenvalue weighted by Gasteiger charge is -2.30. The Hall–Kier alpha value is -0.500. The summed E-state index contributed by atoms with van der Waals surface area (Å²) in [6.07, 6.45) is 21.1. The number of aliphatic hydroxyl groups excluding tert-OH is 1. The van der Waals surface area contributed by atoms with Crippen molar-refractivity contribution in [3.63, 3.8) is 0 Å². The molecule has 0 aliphatic heterocycles. The highest BCUT2D eigenvalue weighted by atomic mass is 31.2. The van der Waals surface area contributed by atoms with Crippen molar-refractivity contribution in [2.75, 3.05) is 40.9 Å². The molecule has 0 aliphatic carbocycles. The van der Waals surface area contributed by atoms with Crippen LogP contribution in [0.5, 0.6) is 0 Å². The van der Waals surface area contributed by atoms with E-state index in [9.17, 15) is 19.4 Å². The molecule has 234 valence electrons. The van der Waals surface area contributed by atoms with Gasteiger partial charge in [-0.2, -0.15) is 0 Å². The van der Waals surface area contributed by atoms with Gasteiger partial charge in [0.15, 0.2) is 0 Å². The normalized spacial score (nSPS) is 15.2. The highest BCUT2D eigenvalue weighted by Crippen LogP contribution is 2.38. The van der Waals surface area contributed by atoms with Crippen LogP contribution in [0.2, 0.25) is 0 Å². The van der Waals surface area contributed by atoms with Crippen molar-refractivity contribution in [2.45, 2.75) is 148 Å². The minimum Gasteiger partial charge on any atom is -0.756 e. The number of amides is 1.